The molecule has 0 saturated heterocycles. The van der Waals surface area contributed by atoms with Crippen LogP contribution in [0.1, 0.15) is 6.92 Å². The second-order valence-corrected chi connectivity index (χ2v) is 5.09. The van der Waals surface area contributed by atoms with E-state index in [4.69, 9.17) is 27.9 Å². The van der Waals surface area contributed by atoms with Gasteiger partial charge in [0, 0.05) is 0 Å². The third kappa shape index (κ3) is 4.09. The van der Waals surface area contributed by atoms with Gasteiger partial charge in [-0.05, 0) is 43.3 Å². The maximum Gasteiger partial charge on any atom is 0.265 e. The van der Waals surface area contributed by atoms with Gasteiger partial charge in [0.25, 0.3) is 5.91 Å². The Labute approximate surface area is 131 Å². The van der Waals surface area contributed by atoms with Crippen LogP contribution in [-0.2, 0) is 4.79 Å². The number of hydrogen-bond acceptors (Lipinski definition) is 2. The molecule has 0 fully saturated rings. The molecule has 0 bridgehead atoms. The zero-order chi connectivity index (χ0) is 15.4. The molecule has 0 heterocycles. The van der Waals surface area contributed by atoms with Crippen molar-refractivity contribution in [3.8, 4) is 5.75 Å². The van der Waals surface area contributed by atoms with Crippen LogP contribution in [0.3, 0.4) is 0 Å². The van der Waals surface area contributed by atoms with Gasteiger partial charge in [0.1, 0.15) is 11.6 Å². The standard InChI is InChI=1S/C15H12Cl2FNO2/c1-9(21-11-7-5-10(18)6-8-11)15(20)19-13-4-2-3-12(16)14(13)17/h2-9H,1H3,(H,19,20)/t9-/m1/s1. The maximum atomic E-state index is 12.8. The topological polar surface area (TPSA) is 38.3 Å². The predicted molar refractivity (Wildman–Crippen MR) is 81.6 cm³/mol. The fraction of sp³-hybridized carbons (Fsp3) is 0.133. The maximum absolute atomic E-state index is 12.8. The van der Waals surface area contributed by atoms with Crippen molar-refractivity contribution in [2.75, 3.05) is 5.32 Å². The van der Waals surface area contributed by atoms with Gasteiger partial charge in [-0.3, -0.25) is 4.79 Å². The van der Waals surface area contributed by atoms with E-state index in [1.54, 1.807) is 25.1 Å². The van der Waals surface area contributed by atoms with Crippen molar-refractivity contribution >= 4 is 34.8 Å². The van der Waals surface area contributed by atoms with Crippen LogP contribution in [0.25, 0.3) is 0 Å². The summed E-state index contributed by atoms with van der Waals surface area (Å²) in [5.74, 6) is -0.357. The van der Waals surface area contributed by atoms with Crippen LogP contribution < -0.4 is 10.1 Å². The van der Waals surface area contributed by atoms with E-state index in [9.17, 15) is 9.18 Å². The van der Waals surface area contributed by atoms with Gasteiger partial charge in [-0.1, -0.05) is 29.3 Å². The zero-order valence-electron chi connectivity index (χ0n) is 11.1. The predicted octanol–water partition coefficient (Wildman–Crippen LogP) is 4.54. The lowest BCUT2D eigenvalue weighted by atomic mass is 10.3. The molecule has 0 saturated carbocycles. The van der Waals surface area contributed by atoms with Crippen LogP contribution in [0.15, 0.2) is 42.5 Å². The average Bonchev–Trinajstić information content (AvgIpc) is 2.46. The van der Waals surface area contributed by atoms with Gasteiger partial charge in [0.05, 0.1) is 15.7 Å². The minimum Gasteiger partial charge on any atom is -0.481 e. The van der Waals surface area contributed by atoms with Crippen molar-refractivity contribution in [2.24, 2.45) is 0 Å². The average molecular weight is 328 g/mol. The number of anilines is 1. The van der Waals surface area contributed by atoms with Gasteiger partial charge < -0.3 is 10.1 Å². The summed E-state index contributed by atoms with van der Waals surface area (Å²) >= 11 is 11.9. The minimum absolute atomic E-state index is 0.265. The first-order valence-corrected chi connectivity index (χ1v) is 6.90. The number of hydrogen-bond donors (Lipinski definition) is 1. The van der Waals surface area contributed by atoms with Crippen LogP contribution in [0, 0.1) is 5.82 Å². The summed E-state index contributed by atoms with van der Waals surface area (Å²) < 4.78 is 18.2. The molecule has 1 N–H and O–H groups in total. The molecule has 0 aromatic heterocycles. The van der Waals surface area contributed by atoms with Crippen molar-refractivity contribution in [2.45, 2.75) is 13.0 Å². The van der Waals surface area contributed by atoms with Crippen molar-refractivity contribution in [3.05, 3.63) is 58.3 Å². The van der Waals surface area contributed by atoms with Crippen molar-refractivity contribution in [1.82, 2.24) is 0 Å². The number of carbonyl (C=O) groups is 1. The molecule has 0 spiro atoms. The van der Waals surface area contributed by atoms with E-state index in [0.717, 1.165) is 0 Å². The highest BCUT2D eigenvalue weighted by Crippen LogP contribution is 2.29. The summed E-state index contributed by atoms with van der Waals surface area (Å²) in [6, 6.07) is 10.3. The second-order valence-electron chi connectivity index (χ2n) is 4.30. The molecule has 2 aromatic rings. The van der Waals surface area contributed by atoms with E-state index >= 15 is 0 Å². The summed E-state index contributed by atoms with van der Waals surface area (Å²) in [5, 5.41) is 3.24. The van der Waals surface area contributed by atoms with Gasteiger partial charge in [-0.2, -0.15) is 0 Å². The summed E-state index contributed by atoms with van der Waals surface area (Å²) in [6.45, 7) is 1.58. The number of rotatable bonds is 4. The van der Waals surface area contributed by atoms with Gasteiger partial charge >= 0.3 is 0 Å². The molecule has 110 valence electrons. The molecule has 0 unspecified atom stereocenters. The lowest BCUT2D eigenvalue weighted by Gasteiger charge is -2.15. The summed E-state index contributed by atoms with van der Waals surface area (Å²) in [7, 11) is 0. The highest BCUT2D eigenvalue weighted by Gasteiger charge is 2.16. The number of nitrogens with one attached hydrogen (secondary N) is 1. The first kappa shape index (κ1) is 15.6. The lowest BCUT2D eigenvalue weighted by Crippen LogP contribution is -2.30. The number of benzene rings is 2. The zero-order valence-corrected chi connectivity index (χ0v) is 12.6. The Balaban J connectivity index is 2.02. The molecule has 0 radical (unpaired) electrons. The number of carbonyl (C=O) groups excluding carboxylic acids is 1. The SMILES string of the molecule is C[C@@H](Oc1ccc(F)cc1)C(=O)Nc1cccc(Cl)c1Cl. The van der Waals surface area contributed by atoms with Crippen LogP contribution in [0.5, 0.6) is 5.75 Å². The normalized spacial score (nSPS) is 11.8. The Bertz CT molecular complexity index is 647. The van der Waals surface area contributed by atoms with Crippen molar-refractivity contribution < 1.29 is 13.9 Å². The number of amides is 1. The van der Waals surface area contributed by atoms with E-state index in [0.29, 0.717) is 16.5 Å². The molecule has 6 heteroatoms. The summed E-state index contributed by atoms with van der Waals surface area (Å²) in [5.41, 5.74) is 0.406. The van der Waals surface area contributed by atoms with Crippen molar-refractivity contribution in [3.63, 3.8) is 0 Å². The molecule has 0 aliphatic heterocycles. The Morgan fingerprint density at radius 1 is 1.19 bits per heavy atom. The molecule has 0 aliphatic carbocycles. The Kier molecular flexibility index (Phi) is 5.04. The largest absolute Gasteiger partial charge is 0.481 e. The molecular formula is C15H12Cl2FNO2. The summed E-state index contributed by atoms with van der Waals surface area (Å²) in [6.07, 6.45) is -0.773. The highest BCUT2D eigenvalue weighted by atomic mass is 35.5. The molecule has 1 atom stereocenters. The third-order valence-corrected chi connectivity index (χ3v) is 3.52. The third-order valence-electron chi connectivity index (χ3n) is 2.71. The molecule has 2 rings (SSSR count). The molecule has 0 aliphatic rings. The fourth-order valence-corrected chi connectivity index (χ4v) is 1.95. The number of ether oxygens (including phenoxy) is 1. The summed E-state index contributed by atoms with van der Waals surface area (Å²) in [4.78, 5) is 12.0. The molecule has 2 aromatic carbocycles. The van der Waals surface area contributed by atoms with Gasteiger partial charge in [-0.25, -0.2) is 4.39 Å². The Hall–Kier alpha value is -1.78. The minimum atomic E-state index is -0.773. The van der Waals surface area contributed by atoms with E-state index in [-0.39, 0.29) is 16.7 Å². The molecule has 1 amide bonds. The second kappa shape index (κ2) is 6.78. The van der Waals surface area contributed by atoms with Gasteiger partial charge in [0.2, 0.25) is 0 Å². The van der Waals surface area contributed by atoms with Gasteiger partial charge in [0.15, 0.2) is 6.10 Å². The smallest absolute Gasteiger partial charge is 0.265 e. The molecule has 21 heavy (non-hydrogen) atoms. The van der Waals surface area contributed by atoms with Crippen LogP contribution in [0.2, 0.25) is 10.0 Å². The quantitative estimate of drug-likeness (QED) is 0.895. The van der Waals surface area contributed by atoms with Crippen LogP contribution in [-0.4, -0.2) is 12.0 Å². The Morgan fingerprint density at radius 2 is 1.86 bits per heavy atom. The first-order chi connectivity index (χ1) is 9.97. The Morgan fingerprint density at radius 3 is 2.52 bits per heavy atom. The fourth-order valence-electron chi connectivity index (χ4n) is 1.61. The lowest BCUT2D eigenvalue weighted by molar-refractivity contribution is -0.122. The van der Waals surface area contributed by atoms with Crippen LogP contribution in [0.4, 0.5) is 10.1 Å². The van der Waals surface area contributed by atoms with E-state index < -0.39 is 6.10 Å². The molecule has 3 nitrogen and oxygen atoms in total. The van der Waals surface area contributed by atoms with Gasteiger partial charge in [-0.15, -0.1) is 0 Å². The van der Waals surface area contributed by atoms with Crippen LogP contribution >= 0.6 is 23.2 Å². The number of halogens is 3. The monoisotopic (exact) mass is 327 g/mol. The first-order valence-electron chi connectivity index (χ1n) is 6.14. The highest BCUT2D eigenvalue weighted by molar-refractivity contribution is 6.44. The van der Waals surface area contributed by atoms with E-state index in [1.807, 2.05) is 0 Å². The molecular weight excluding hydrogens is 316 g/mol. The van der Waals surface area contributed by atoms with E-state index in [1.165, 1.54) is 24.3 Å². The van der Waals surface area contributed by atoms with Crippen molar-refractivity contribution in [1.29, 1.82) is 0 Å². The van der Waals surface area contributed by atoms with E-state index in [2.05, 4.69) is 5.32 Å².